The molecule has 8 nitrogen and oxygen atoms in total. The number of anilines is 3. The Morgan fingerprint density at radius 1 is 0.875 bits per heavy atom. The Labute approximate surface area is 220 Å². The molecule has 0 aliphatic carbocycles. The summed E-state index contributed by atoms with van der Waals surface area (Å²) in [6.45, 7) is -2.94. The van der Waals surface area contributed by atoms with Gasteiger partial charge < -0.3 is 10.2 Å². The summed E-state index contributed by atoms with van der Waals surface area (Å²) in [6, 6.07) is 7.05. The van der Waals surface area contributed by atoms with Gasteiger partial charge in [0.15, 0.2) is 0 Å². The van der Waals surface area contributed by atoms with Crippen LogP contribution in [0, 0.1) is 0 Å². The van der Waals surface area contributed by atoms with Crippen molar-refractivity contribution >= 4 is 44.0 Å². The van der Waals surface area contributed by atoms with Crippen LogP contribution in [0.15, 0.2) is 53.4 Å². The summed E-state index contributed by atoms with van der Waals surface area (Å²) in [5, 5.41) is 1.59. The van der Waals surface area contributed by atoms with Gasteiger partial charge in [0.25, 0.3) is 10.0 Å². The lowest BCUT2D eigenvalue weighted by atomic mass is 10.1. The average Bonchev–Trinajstić information content (AvgIpc) is 2.79. The molecule has 2 aromatic carbocycles. The first-order valence-electron chi connectivity index (χ1n) is 10.8. The molecule has 3 rings (SSSR count). The molecule has 218 valence electrons. The van der Waals surface area contributed by atoms with E-state index in [1.807, 2.05) is 10.3 Å². The largest absolute Gasteiger partial charge is 0.417 e. The molecule has 0 spiro atoms. The first kappa shape index (κ1) is 30.7. The third kappa shape index (κ3) is 8.35. The number of aromatic nitrogens is 1. The maximum absolute atomic E-state index is 13.8. The number of nitrogens with one attached hydrogen (secondary N) is 3. The Morgan fingerprint density at radius 3 is 1.95 bits per heavy atom. The lowest BCUT2D eigenvalue weighted by Gasteiger charge is -2.27. The highest BCUT2D eigenvalue weighted by atomic mass is 32.2. The normalized spacial score (nSPS) is 12.8. The van der Waals surface area contributed by atoms with Gasteiger partial charge >= 0.3 is 18.5 Å². The second-order valence-corrected chi connectivity index (χ2v) is 9.96. The predicted molar refractivity (Wildman–Crippen MR) is 126 cm³/mol. The maximum atomic E-state index is 13.8. The van der Waals surface area contributed by atoms with E-state index in [1.54, 1.807) is 0 Å². The highest BCUT2D eigenvalue weighted by Gasteiger charge is 2.38. The number of pyridine rings is 1. The van der Waals surface area contributed by atoms with Gasteiger partial charge in [-0.1, -0.05) is 0 Å². The van der Waals surface area contributed by atoms with Gasteiger partial charge in [0, 0.05) is 23.7 Å². The van der Waals surface area contributed by atoms with Crippen LogP contribution in [0.4, 0.5) is 56.7 Å². The van der Waals surface area contributed by atoms with E-state index >= 15 is 0 Å². The zero-order chi connectivity index (χ0) is 30.1. The van der Waals surface area contributed by atoms with Crippen LogP contribution < -0.4 is 20.5 Å². The fourth-order valence-electron chi connectivity index (χ4n) is 3.48. The second kappa shape index (κ2) is 11.0. The van der Waals surface area contributed by atoms with Crippen molar-refractivity contribution in [2.45, 2.75) is 30.3 Å². The molecular formula is C22H18F9N5O3S. The van der Waals surface area contributed by atoms with Crippen LogP contribution in [-0.2, 0) is 21.0 Å². The van der Waals surface area contributed by atoms with Crippen molar-refractivity contribution < 1.29 is 52.7 Å². The maximum Gasteiger partial charge on any atom is 0.417 e. The molecule has 1 heterocycles. The Kier molecular flexibility index (Phi) is 8.45. The minimum atomic E-state index is -5.16. The number of amides is 1. The molecule has 0 bridgehead atoms. The number of fused-ring (bicyclic) bond motifs is 1. The van der Waals surface area contributed by atoms with E-state index in [0.29, 0.717) is 12.1 Å². The Bertz CT molecular complexity index is 1470. The summed E-state index contributed by atoms with van der Waals surface area (Å²) in [6.07, 6.45) is -15.4. The molecule has 0 saturated carbocycles. The third-order valence-electron chi connectivity index (χ3n) is 5.00. The molecule has 0 radical (unpaired) electrons. The van der Waals surface area contributed by atoms with Gasteiger partial charge in [-0.15, -0.1) is 4.83 Å². The number of nitrogens with zero attached hydrogens (tertiary/aromatic N) is 2. The molecule has 0 atom stereocenters. The molecule has 1 amide bonds. The molecule has 0 aliphatic rings. The SMILES string of the molecule is CC(=O)Nc1ccc(S(=O)(=O)NNc2cc(C(F)(F)F)c3cc(N(CC(F)(F)F)CC(F)(F)F)ccc3n2)cc1. The summed E-state index contributed by atoms with van der Waals surface area (Å²) in [5.74, 6) is -1.09. The topological polar surface area (TPSA) is 103 Å². The van der Waals surface area contributed by atoms with Gasteiger partial charge in [-0.25, -0.2) is 13.4 Å². The number of sulfonamides is 1. The van der Waals surface area contributed by atoms with E-state index in [4.69, 9.17) is 0 Å². The second-order valence-electron chi connectivity index (χ2n) is 8.28. The number of rotatable bonds is 8. The number of alkyl halides is 9. The van der Waals surface area contributed by atoms with Crippen LogP contribution >= 0.6 is 0 Å². The molecule has 0 aliphatic heterocycles. The zero-order valence-electron chi connectivity index (χ0n) is 20.0. The van der Waals surface area contributed by atoms with Crippen LogP contribution in [-0.4, -0.2) is 44.8 Å². The lowest BCUT2D eigenvalue weighted by molar-refractivity contribution is -0.138. The summed E-state index contributed by atoms with van der Waals surface area (Å²) in [7, 11) is -4.37. The van der Waals surface area contributed by atoms with Crippen molar-refractivity contribution in [1.82, 2.24) is 9.82 Å². The third-order valence-corrected chi connectivity index (χ3v) is 6.27. The summed E-state index contributed by atoms with van der Waals surface area (Å²) in [4.78, 5) is 16.2. The molecule has 3 N–H and O–H groups in total. The van der Waals surface area contributed by atoms with Gasteiger partial charge in [-0.05, 0) is 48.5 Å². The summed E-state index contributed by atoms with van der Waals surface area (Å²) < 4.78 is 144. The van der Waals surface area contributed by atoms with Crippen molar-refractivity contribution in [2.75, 3.05) is 28.7 Å². The van der Waals surface area contributed by atoms with Crippen molar-refractivity contribution in [2.24, 2.45) is 0 Å². The number of hydrazine groups is 1. The highest BCUT2D eigenvalue weighted by molar-refractivity contribution is 7.89. The first-order chi connectivity index (χ1) is 18.2. The lowest BCUT2D eigenvalue weighted by Crippen LogP contribution is -2.40. The Balaban J connectivity index is 1.96. The smallest absolute Gasteiger partial charge is 0.353 e. The molecular weight excluding hydrogens is 585 g/mol. The van der Waals surface area contributed by atoms with Crippen LogP contribution in [0.5, 0.6) is 0 Å². The van der Waals surface area contributed by atoms with Crippen LogP contribution in [0.3, 0.4) is 0 Å². The number of benzene rings is 2. The Hall–Kier alpha value is -3.80. The van der Waals surface area contributed by atoms with E-state index in [9.17, 15) is 52.7 Å². The highest BCUT2D eigenvalue weighted by Crippen LogP contribution is 2.38. The quantitative estimate of drug-likeness (QED) is 0.234. The van der Waals surface area contributed by atoms with Gasteiger partial charge in [0.05, 0.1) is 16.0 Å². The monoisotopic (exact) mass is 603 g/mol. The van der Waals surface area contributed by atoms with Crippen molar-refractivity contribution in [1.29, 1.82) is 0 Å². The van der Waals surface area contributed by atoms with Crippen LogP contribution in [0.2, 0.25) is 0 Å². The van der Waals surface area contributed by atoms with E-state index in [2.05, 4.69) is 10.3 Å². The molecule has 3 aromatic rings. The van der Waals surface area contributed by atoms with Gasteiger partial charge in [0.1, 0.15) is 18.9 Å². The molecule has 0 unspecified atom stereocenters. The number of halogens is 9. The average molecular weight is 603 g/mol. The molecule has 1 aromatic heterocycles. The fourth-order valence-corrected chi connectivity index (χ4v) is 4.33. The van der Waals surface area contributed by atoms with Gasteiger partial charge in [0.2, 0.25) is 5.91 Å². The fraction of sp³-hybridized carbons (Fsp3) is 0.273. The number of carbonyl (C=O) groups excluding carboxylic acids is 1. The van der Waals surface area contributed by atoms with Gasteiger partial charge in [-0.3, -0.25) is 10.2 Å². The Morgan fingerprint density at radius 2 is 1.45 bits per heavy atom. The molecule has 18 heteroatoms. The number of hydrogen-bond acceptors (Lipinski definition) is 6. The van der Waals surface area contributed by atoms with Crippen LogP contribution in [0.1, 0.15) is 12.5 Å². The summed E-state index contributed by atoms with van der Waals surface area (Å²) >= 11 is 0. The van der Waals surface area contributed by atoms with E-state index in [0.717, 1.165) is 24.3 Å². The van der Waals surface area contributed by atoms with Gasteiger partial charge in [-0.2, -0.15) is 39.5 Å². The standard InChI is InChI=1S/C22H18F9N5O3S/c1-12(37)32-13-2-5-15(6-3-13)40(38,39)35-34-19-9-17(22(29,30)31)16-8-14(4-7-18(16)33-19)36(10-20(23,24)25)11-21(26,27)28/h2-9,35H,10-11H2,1H3,(H,32,37)(H,33,34). The number of carbonyl (C=O) groups is 1. The molecule has 40 heavy (non-hydrogen) atoms. The number of hydrogen-bond donors (Lipinski definition) is 3. The van der Waals surface area contributed by atoms with Crippen LogP contribution in [0.25, 0.3) is 10.9 Å². The predicted octanol–water partition coefficient (Wildman–Crippen LogP) is 5.45. The van der Waals surface area contributed by atoms with Crippen molar-refractivity contribution in [3.05, 3.63) is 54.1 Å². The molecule has 0 saturated heterocycles. The molecule has 0 fully saturated rings. The first-order valence-corrected chi connectivity index (χ1v) is 12.3. The van der Waals surface area contributed by atoms with E-state index in [1.165, 1.54) is 19.1 Å². The zero-order valence-corrected chi connectivity index (χ0v) is 20.8. The van der Waals surface area contributed by atoms with E-state index < -0.39 is 75.5 Å². The minimum Gasteiger partial charge on any atom is -0.353 e. The van der Waals surface area contributed by atoms with E-state index in [-0.39, 0.29) is 15.5 Å². The summed E-state index contributed by atoms with van der Waals surface area (Å²) in [5.41, 5.74) is -0.515. The minimum absolute atomic E-state index is 0.170. The van der Waals surface area contributed by atoms with Crippen molar-refractivity contribution in [3.8, 4) is 0 Å². The van der Waals surface area contributed by atoms with Crippen molar-refractivity contribution in [3.63, 3.8) is 0 Å².